The first kappa shape index (κ1) is 17.8. The van der Waals surface area contributed by atoms with E-state index >= 15 is 0 Å². The maximum absolute atomic E-state index is 12.5. The molecule has 23 heavy (non-hydrogen) atoms. The van der Waals surface area contributed by atoms with Crippen LogP contribution in [0.2, 0.25) is 5.02 Å². The fourth-order valence-electron chi connectivity index (χ4n) is 2.74. The number of hydrogen-bond donors (Lipinski definition) is 2. The van der Waals surface area contributed by atoms with E-state index in [-0.39, 0.29) is 24.4 Å². The third kappa shape index (κ3) is 5.22. The number of nitrogens with one attached hydrogen (secondary N) is 2. The van der Waals surface area contributed by atoms with Crippen LogP contribution in [0.3, 0.4) is 0 Å². The lowest BCUT2D eigenvalue weighted by molar-refractivity contribution is -0.886. The molecule has 0 spiro atoms. The summed E-state index contributed by atoms with van der Waals surface area (Å²) >= 11 is 5.82. The molecular formula is C17H25ClN3O2+. The lowest BCUT2D eigenvalue weighted by Gasteiger charge is -2.30. The molecule has 0 saturated carbocycles. The molecule has 1 heterocycles. The number of likely N-dealkylation sites (N-methyl/N-ethyl adjacent to an activating group) is 1. The Hall–Kier alpha value is -1.59. The van der Waals surface area contributed by atoms with Crippen LogP contribution in [-0.4, -0.2) is 49.4 Å². The van der Waals surface area contributed by atoms with Gasteiger partial charge in [0.2, 0.25) is 0 Å². The summed E-state index contributed by atoms with van der Waals surface area (Å²) < 4.78 is 0. The predicted molar refractivity (Wildman–Crippen MR) is 91.7 cm³/mol. The second-order valence-corrected chi connectivity index (χ2v) is 6.62. The Balaban J connectivity index is 1.84. The fraction of sp³-hybridized carbons (Fsp3) is 0.529. The van der Waals surface area contributed by atoms with Gasteiger partial charge in [-0.3, -0.25) is 9.59 Å². The molecule has 1 fully saturated rings. The summed E-state index contributed by atoms with van der Waals surface area (Å²) in [6.07, 6.45) is 3.35. The van der Waals surface area contributed by atoms with Crippen molar-refractivity contribution in [1.82, 2.24) is 4.90 Å². The molecule has 1 aliphatic rings. The predicted octanol–water partition coefficient (Wildman–Crippen LogP) is 1.19. The Morgan fingerprint density at radius 2 is 1.83 bits per heavy atom. The van der Waals surface area contributed by atoms with E-state index in [9.17, 15) is 9.59 Å². The summed E-state index contributed by atoms with van der Waals surface area (Å²) in [5.41, 5.74) is 0.710. The van der Waals surface area contributed by atoms with Gasteiger partial charge in [-0.1, -0.05) is 11.6 Å². The first-order chi connectivity index (χ1) is 11.0. The van der Waals surface area contributed by atoms with E-state index < -0.39 is 0 Å². The number of piperidine rings is 1. The number of halogens is 1. The molecule has 126 valence electrons. The van der Waals surface area contributed by atoms with Crippen LogP contribution >= 0.6 is 11.6 Å². The van der Waals surface area contributed by atoms with Crippen LogP contribution in [0.25, 0.3) is 0 Å². The average molecular weight is 339 g/mol. The molecule has 0 aliphatic carbocycles. The van der Waals surface area contributed by atoms with E-state index in [1.807, 2.05) is 18.9 Å². The third-order valence-corrected chi connectivity index (χ3v) is 4.60. The highest BCUT2D eigenvalue weighted by Crippen LogP contribution is 2.13. The van der Waals surface area contributed by atoms with Crippen LogP contribution in [0, 0.1) is 0 Å². The zero-order chi connectivity index (χ0) is 16.8. The Morgan fingerprint density at radius 3 is 2.43 bits per heavy atom. The molecule has 5 nitrogen and oxygen atoms in total. The number of carbonyl (C=O) groups excluding carboxylic acids is 2. The molecule has 0 aromatic heterocycles. The monoisotopic (exact) mass is 338 g/mol. The number of benzene rings is 1. The Labute approximate surface area is 142 Å². The van der Waals surface area contributed by atoms with Crippen LogP contribution in [0.5, 0.6) is 0 Å². The van der Waals surface area contributed by atoms with Gasteiger partial charge in [0.1, 0.15) is 0 Å². The quantitative estimate of drug-likeness (QED) is 0.847. The van der Waals surface area contributed by atoms with Crippen LogP contribution in [0.15, 0.2) is 24.3 Å². The van der Waals surface area contributed by atoms with Gasteiger partial charge < -0.3 is 15.1 Å². The maximum Gasteiger partial charge on any atom is 0.280 e. The number of amides is 2. The topological polar surface area (TPSA) is 53.9 Å². The SMILES string of the molecule is C[C@@H](C(=O)N1CCCCC1)[NH+](C)CC(=O)Nc1ccc(Cl)cc1. The summed E-state index contributed by atoms with van der Waals surface area (Å²) in [7, 11) is 1.88. The van der Waals surface area contributed by atoms with Crippen molar-refractivity contribution >= 4 is 29.1 Å². The second-order valence-electron chi connectivity index (χ2n) is 6.19. The molecule has 0 bridgehead atoms. The molecule has 1 saturated heterocycles. The summed E-state index contributed by atoms with van der Waals surface area (Å²) in [5.74, 6) is 0.0320. The number of nitrogens with zero attached hydrogens (tertiary/aromatic N) is 1. The normalized spacial score (nSPS) is 17.4. The molecule has 0 radical (unpaired) electrons. The molecular weight excluding hydrogens is 314 g/mol. The zero-order valence-electron chi connectivity index (χ0n) is 13.8. The van der Waals surface area contributed by atoms with E-state index in [2.05, 4.69) is 5.32 Å². The van der Waals surface area contributed by atoms with Gasteiger partial charge in [0.25, 0.3) is 11.8 Å². The average Bonchev–Trinajstić information content (AvgIpc) is 2.56. The number of carbonyl (C=O) groups is 2. The number of anilines is 1. The van der Waals surface area contributed by atoms with Gasteiger partial charge in [-0.05, 0) is 50.5 Å². The largest absolute Gasteiger partial charge is 0.338 e. The minimum Gasteiger partial charge on any atom is -0.338 e. The summed E-state index contributed by atoms with van der Waals surface area (Å²) in [5, 5.41) is 3.46. The molecule has 2 rings (SSSR count). The van der Waals surface area contributed by atoms with Crippen molar-refractivity contribution in [1.29, 1.82) is 0 Å². The van der Waals surface area contributed by atoms with Gasteiger partial charge in [-0.25, -0.2) is 0 Å². The minimum absolute atomic E-state index is 0.108. The molecule has 2 N–H and O–H groups in total. The summed E-state index contributed by atoms with van der Waals surface area (Å²) in [4.78, 5) is 27.4. The molecule has 2 atom stereocenters. The Kier molecular flexibility index (Phi) is 6.42. The van der Waals surface area contributed by atoms with E-state index in [0.29, 0.717) is 10.7 Å². The van der Waals surface area contributed by atoms with Crippen molar-refractivity contribution in [2.75, 3.05) is 32.0 Å². The van der Waals surface area contributed by atoms with Gasteiger partial charge in [-0.2, -0.15) is 0 Å². The van der Waals surface area contributed by atoms with Gasteiger partial charge >= 0.3 is 0 Å². The molecule has 6 heteroatoms. The number of rotatable bonds is 5. The molecule has 1 aromatic rings. The maximum atomic E-state index is 12.5. The van der Waals surface area contributed by atoms with Crippen LogP contribution < -0.4 is 10.2 Å². The second kappa shape index (κ2) is 8.31. The van der Waals surface area contributed by atoms with Gasteiger partial charge in [0.05, 0.1) is 7.05 Å². The van der Waals surface area contributed by atoms with Crippen molar-refractivity contribution in [3.05, 3.63) is 29.3 Å². The van der Waals surface area contributed by atoms with Crippen molar-refractivity contribution in [2.24, 2.45) is 0 Å². The van der Waals surface area contributed by atoms with E-state index in [1.165, 1.54) is 6.42 Å². The van der Waals surface area contributed by atoms with E-state index in [0.717, 1.165) is 30.8 Å². The standard InChI is InChI=1S/C17H24ClN3O2/c1-13(17(23)21-10-4-3-5-11-21)20(2)12-16(22)19-15-8-6-14(18)7-9-15/h6-9,13H,3-5,10-12H2,1-2H3,(H,19,22)/p+1/t13-/m0/s1. The smallest absolute Gasteiger partial charge is 0.280 e. The zero-order valence-corrected chi connectivity index (χ0v) is 14.5. The molecule has 1 aliphatic heterocycles. The van der Waals surface area contributed by atoms with Crippen molar-refractivity contribution in [3.63, 3.8) is 0 Å². The number of quaternary nitrogens is 1. The van der Waals surface area contributed by atoms with Crippen molar-refractivity contribution < 1.29 is 14.5 Å². The summed E-state index contributed by atoms with van der Waals surface area (Å²) in [6, 6.07) is 6.77. The van der Waals surface area contributed by atoms with Crippen LogP contribution in [0.4, 0.5) is 5.69 Å². The third-order valence-electron chi connectivity index (χ3n) is 4.34. The van der Waals surface area contributed by atoms with Crippen LogP contribution in [0.1, 0.15) is 26.2 Å². The first-order valence-electron chi connectivity index (χ1n) is 8.14. The van der Waals surface area contributed by atoms with Crippen molar-refractivity contribution in [3.8, 4) is 0 Å². The van der Waals surface area contributed by atoms with Gasteiger partial charge in [0, 0.05) is 23.8 Å². The lowest BCUT2D eigenvalue weighted by Crippen LogP contribution is -3.15. The Morgan fingerprint density at radius 1 is 1.22 bits per heavy atom. The number of hydrogen-bond acceptors (Lipinski definition) is 2. The first-order valence-corrected chi connectivity index (χ1v) is 8.51. The molecule has 1 unspecified atom stereocenters. The van der Waals surface area contributed by atoms with Gasteiger partial charge in [-0.15, -0.1) is 0 Å². The highest BCUT2D eigenvalue weighted by Gasteiger charge is 2.29. The van der Waals surface area contributed by atoms with Crippen LogP contribution in [-0.2, 0) is 9.59 Å². The lowest BCUT2D eigenvalue weighted by atomic mass is 10.1. The number of likely N-dealkylation sites (tertiary alicyclic amines) is 1. The molecule has 1 aromatic carbocycles. The van der Waals surface area contributed by atoms with Gasteiger partial charge in [0.15, 0.2) is 12.6 Å². The molecule has 2 amide bonds. The van der Waals surface area contributed by atoms with E-state index in [1.54, 1.807) is 24.3 Å². The fourth-order valence-corrected chi connectivity index (χ4v) is 2.87. The van der Waals surface area contributed by atoms with E-state index in [4.69, 9.17) is 11.6 Å². The highest BCUT2D eigenvalue weighted by atomic mass is 35.5. The minimum atomic E-state index is -0.218. The summed E-state index contributed by atoms with van der Waals surface area (Å²) in [6.45, 7) is 3.83. The highest BCUT2D eigenvalue weighted by molar-refractivity contribution is 6.30. The Bertz CT molecular complexity index is 541. The van der Waals surface area contributed by atoms with Crippen molar-refractivity contribution in [2.45, 2.75) is 32.2 Å².